The number of rotatable bonds is 7. The Hall–Kier alpha value is -2.12. The van der Waals surface area contributed by atoms with Crippen molar-refractivity contribution in [2.45, 2.75) is 33.0 Å². The maximum Gasteiger partial charge on any atom is 0.321 e. The lowest BCUT2D eigenvalue weighted by molar-refractivity contribution is -0.125. The van der Waals surface area contributed by atoms with Crippen molar-refractivity contribution < 1.29 is 14.0 Å². The molecule has 1 atom stereocenters. The molecule has 2 heterocycles. The van der Waals surface area contributed by atoms with E-state index in [0.717, 1.165) is 10.6 Å². The lowest BCUT2D eigenvalue weighted by Gasteiger charge is -2.26. The number of amides is 3. The predicted molar refractivity (Wildman–Crippen MR) is 89.0 cm³/mol. The molecule has 124 valence electrons. The smallest absolute Gasteiger partial charge is 0.321 e. The van der Waals surface area contributed by atoms with Gasteiger partial charge in [-0.1, -0.05) is 6.07 Å². The van der Waals surface area contributed by atoms with Gasteiger partial charge in [0.1, 0.15) is 5.76 Å². The Morgan fingerprint density at radius 1 is 1.30 bits per heavy atom. The molecule has 2 rings (SSSR count). The van der Waals surface area contributed by atoms with Crippen LogP contribution in [-0.2, 0) is 17.9 Å². The molecular formula is C16H21N3O3S. The topological polar surface area (TPSA) is 74.6 Å². The number of urea groups is 1. The summed E-state index contributed by atoms with van der Waals surface area (Å²) in [6, 6.07) is 6.75. The van der Waals surface area contributed by atoms with E-state index in [1.165, 1.54) is 0 Å². The second-order valence-corrected chi connectivity index (χ2v) is 6.12. The molecule has 0 saturated heterocycles. The Morgan fingerprint density at radius 2 is 2.13 bits per heavy atom. The first kappa shape index (κ1) is 17.2. The van der Waals surface area contributed by atoms with Gasteiger partial charge in [-0.3, -0.25) is 15.0 Å². The molecule has 2 aromatic rings. The number of carbonyl (C=O) groups is 2. The van der Waals surface area contributed by atoms with Gasteiger partial charge in [-0.05, 0) is 37.4 Å². The van der Waals surface area contributed by atoms with Crippen LogP contribution in [0.2, 0.25) is 0 Å². The van der Waals surface area contributed by atoms with Crippen LogP contribution >= 0.6 is 11.3 Å². The number of carbonyl (C=O) groups excluding carboxylic acids is 2. The second kappa shape index (κ2) is 8.50. The van der Waals surface area contributed by atoms with Crippen LogP contribution in [0, 0.1) is 0 Å². The van der Waals surface area contributed by atoms with Gasteiger partial charge in [-0.15, -0.1) is 11.3 Å². The average Bonchev–Trinajstić information content (AvgIpc) is 3.19. The monoisotopic (exact) mass is 335 g/mol. The Bertz CT molecular complexity index is 574. The van der Waals surface area contributed by atoms with Crippen molar-refractivity contribution in [3.63, 3.8) is 0 Å². The summed E-state index contributed by atoms with van der Waals surface area (Å²) in [5, 5.41) is 6.92. The minimum atomic E-state index is -0.474. The Kier molecular flexibility index (Phi) is 6.37. The summed E-state index contributed by atoms with van der Waals surface area (Å²) in [6.45, 7) is 5.16. The number of thiophene rings is 1. The molecule has 0 saturated carbocycles. The average molecular weight is 335 g/mol. The van der Waals surface area contributed by atoms with Crippen LogP contribution in [0.25, 0.3) is 0 Å². The molecule has 0 aliphatic carbocycles. The van der Waals surface area contributed by atoms with Crippen LogP contribution in [0.1, 0.15) is 24.5 Å². The maximum atomic E-state index is 12.3. The second-order valence-electron chi connectivity index (χ2n) is 5.09. The third kappa shape index (κ3) is 5.22. The van der Waals surface area contributed by atoms with E-state index in [1.54, 1.807) is 31.4 Å². The van der Waals surface area contributed by atoms with Crippen molar-refractivity contribution in [2.24, 2.45) is 0 Å². The summed E-state index contributed by atoms with van der Waals surface area (Å²) >= 11 is 1.63. The van der Waals surface area contributed by atoms with Gasteiger partial charge in [0.2, 0.25) is 5.91 Å². The molecule has 23 heavy (non-hydrogen) atoms. The largest absolute Gasteiger partial charge is 0.468 e. The van der Waals surface area contributed by atoms with Gasteiger partial charge in [0, 0.05) is 18.0 Å². The lowest BCUT2D eigenvalue weighted by Crippen LogP contribution is -2.49. The van der Waals surface area contributed by atoms with Crippen molar-refractivity contribution in [3.05, 3.63) is 46.5 Å². The van der Waals surface area contributed by atoms with Crippen LogP contribution in [0.15, 0.2) is 40.3 Å². The van der Waals surface area contributed by atoms with Crippen molar-refractivity contribution >= 4 is 23.3 Å². The van der Waals surface area contributed by atoms with Crippen LogP contribution in [0.5, 0.6) is 0 Å². The van der Waals surface area contributed by atoms with Crippen LogP contribution in [-0.4, -0.2) is 29.4 Å². The first-order chi connectivity index (χ1) is 11.1. The Balaban J connectivity index is 2.05. The molecule has 0 fully saturated rings. The molecule has 3 amide bonds. The summed E-state index contributed by atoms with van der Waals surface area (Å²) < 4.78 is 5.38. The molecule has 1 unspecified atom stereocenters. The molecule has 0 bridgehead atoms. The van der Waals surface area contributed by atoms with E-state index in [0.29, 0.717) is 19.6 Å². The summed E-state index contributed by atoms with van der Waals surface area (Å²) in [5.41, 5.74) is 0. The van der Waals surface area contributed by atoms with E-state index in [2.05, 4.69) is 10.6 Å². The summed E-state index contributed by atoms with van der Waals surface area (Å²) in [7, 11) is 0. The van der Waals surface area contributed by atoms with Crippen molar-refractivity contribution in [2.75, 3.05) is 6.54 Å². The summed E-state index contributed by atoms with van der Waals surface area (Å²) in [5.74, 6) is 0.443. The quantitative estimate of drug-likeness (QED) is 0.815. The van der Waals surface area contributed by atoms with Crippen molar-refractivity contribution in [1.82, 2.24) is 15.5 Å². The highest BCUT2D eigenvalue weighted by Gasteiger charge is 2.24. The van der Waals surface area contributed by atoms with Gasteiger partial charge in [-0.2, -0.15) is 0 Å². The van der Waals surface area contributed by atoms with Gasteiger partial charge < -0.3 is 9.73 Å². The van der Waals surface area contributed by atoms with Gasteiger partial charge in [0.05, 0.1) is 18.8 Å². The molecular weight excluding hydrogens is 314 g/mol. The first-order valence-corrected chi connectivity index (χ1v) is 8.35. The number of nitrogens with one attached hydrogen (secondary N) is 2. The van der Waals surface area contributed by atoms with E-state index in [9.17, 15) is 9.59 Å². The van der Waals surface area contributed by atoms with E-state index >= 15 is 0 Å². The minimum absolute atomic E-state index is 0.334. The number of imide groups is 1. The van der Waals surface area contributed by atoms with Crippen molar-refractivity contribution in [3.8, 4) is 0 Å². The van der Waals surface area contributed by atoms with Crippen LogP contribution in [0.3, 0.4) is 0 Å². The van der Waals surface area contributed by atoms with E-state index in [1.807, 2.05) is 34.5 Å². The van der Waals surface area contributed by atoms with Gasteiger partial charge in [0.25, 0.3) is 0 Å². The van der Waals surface area contributed by atoms with Gasteiger partial charge in [-0.25, -0.2) is 4.79 Å². The normalized spacial score (nSPS) is 12.1. The highest BCUT2D eigenvalue weighted by atomic mass is 32.1. The molecule has 0 radical (unpaired) electrons. The van der Waals surface area contributed by atoms with Gasteiger partial charge in [0.15, 0.2) is 0 Å². The molecule has 6 nitrogen and oxygen atoms in total. The number of nitrogens with zero attached hydrogens (tertiary/aromatic N) is 1. The highest BCUT2D eigenvalue weighted by Crippen LogP contribution is 2.17. The fourth-order valence-corrected chi connectivity index (χ4v) is 2.85. The SMILES string of the molecule is CCNC(=O)NC(=O)C(C)N(Cc1ccco1)Cc1cccs1. The number of hydrogen-bond donors (Lipinski definition) is 2. The lowest BCUT2D eigenvalue weighted by atomic mass is 10.2. The van der Waals surface area contributed by atoms with Gasteiger partial charge >= 0.3 is 6.03 Å². The molecule has 2 aromatic heterocycles. The fourth-order valence-electron chi connectivity index (χ4n) is 2.12. The molecule has 0 spiro atoms. The maximum absolute atomic E-state index is 12.3. The zero-order chi connectivity index (χ0) is 16.7. The van der Waals surface area contributed by atoms with E-state index in [-0.39, 0.29) is 5.91 Å². The highest BCUT2D eigenvalue weighted by molar-refractivity contribution is 7.09. The fraction of sp³-hybridized carbons (Fsp3) is 0.375. The van der Waals surface area contributed by atoms with Crippen molar-refractivity contribution in [1.29, 1.82) is 0 Å². The molecule has 7 heteroatoms. The molecule has 0 aromatic carbocycles. The summed E-state index contributed by atoms with van der Waals surface area (Å²) in [6.07, 6.45) is 1.61. The Labute approximate surface area is 139 Å². The van der Waals surface area contributed by atoms with Crippen LogP contribution in [0.4, 0.5) is 4.79 Å². The molecule has 0 aliphatic heterocycles. The number of furan rings is 1. The third-order valence-corrected chi connectivity index (χ3v) is 4.24. The molecule has 0 aliphatic rings. The standard InChI is InChI=1S/C16H21N3O3S/c1-3-17-16(21)18-15(20)12(2)19(10-13-6-4-8-22-13)11-14-7-5-9-23-14/h4-9,12H,3,10-11H2,1-2H3,(H2,17,18,20,21). The Morgan fingerprint density at radius 3 is 2.74 bits per heavy atom. The zero-order valence-corrected chi connectivity index (χ0v) is 14.1. The predicted octanol–water partition coefficient (Wildman–Crippen LogP) is 2.58. The molecule has 2 N–H and O–H groups in total. The zero-order valence-electron chi connectivity index (χ0n) is 13.2. The first-order valence-electron chi connectivity index (χ1n) is 7.47. The van der Waals surface area contributed by atoms with E-state index in [4.69, 9.17) is 4.42 Å². The minimum Gasteiger partial charge on any atom is -0.468 e. The number of hydrogen-bond acceptors (Lipinski definition) is 5. The summed E-state index contributed by atoms with van der Waals surface area (Å²) in [4.78, 5) is 26.9. The van der Waals surface area contributed by atoms with E-state index < -0.39 is 12.1 Å². The third-order valence-electron chi connectivity index (χ3n) is 3.38. The van der Waals surface area contributed by atoms with Crippen LogP contribution < -0.4 is 10.6 Å².